The van der Waals surface area contributed by atoms with Crippen molar-refractivity contribution in [2.24, 2.45) is 7.05 Å². The molecule has 3 aromatic rings. The Bertz CT molecular complexity index is 1020. The zero-order valence-electron chi connectivity index (χ0n) is 15.0. The third-order valence-corrected chi connectivity index (χ3v) is 5.64. The van der Waals surface area contributed by atoms with Crippen molar-refractivity contribution in [2.75, 3.05) is 11.1 Å². The Labute approximate surface area is 191 Å². The van der Waals surface area contributed by atoms with Crippen LogP contribution in [0.15, 0.2) is 41.6 Å². The smallest absolute Gasteiger partial charge is 0.234 e. The maximum absolute atomic E-state index is 12.2. The summed E-state index contributed by atoms with van der Waals surface area (Å²) in [6.45, 7) is 0.165. The highest BCUT2D eigenvalue weighted by molar-refractivity contribution is 7.99. The number of carbonyl (C=O) groups excluding carboxylic acids is 1. The van der Waals surface area contributed by atoms with Crippen LogP contribution >= 0.6 is 58.2 Å². The number of halogens is 4. The number of nitrogens with zero attached hydrogens (tertiary/aromatic N) is 3. The Morgan fingerprint density at radius 3 is 2.48 bits per heavy atom. The first-order valence-corrected chi connectivity index (χ1v) is 10.7. The fourth-order valence-corrected chi connectivity index (χ4v) is 4.00. The normalized spacial score (nSPS) is 10.8. The van der Waals surface area contributed by atoms with Crippen molar-refractivity contribution >= 4 is 69.8 Å². The van der Waals surface area contributed by atoms with E-state index in [4.69, 9.17) is 51.1 Å². The van der Waals surface area contributed by atoms with Gasteiger partial charge in [0.1, 0.15) is 12.4 Å². The third-order valence-electron chi connectivity index (χ3n) is 3.65. The topological polar surface area (TPSA) is 69.0 Å². The van der Waals surface area contributed by atoms with Gasteiger partial charge in [-0.3, -0.25) is 4.79 Å². The van der Waals surface area contributed by atoms with Gasteiger partial charge in [0.05, 0.1) is 10.8 Å². The molecule has 0 fully saturated rings. The number of carbonyl (C=O) groups is 1. The van der Waals surface area contributed by atoms with E-state index in [9.17, 15) is 4.79 Å². The van der Waals surface area contributed by atoms with Gasteiger partial charge in [0.25, 0.3) is 0 Å². The van der Waals surface area contributed by atoms with Crippen LogP contribution in [0.2, 0.25) is 20.1 Å². The van der Waals surface area contributed by atoms with Gasteiger partial charge in [-0.05, 0) is 36.4 Å². The van der Waals surface area contributed by atoms with Crippen LogP contribution in [0.5, 0.6) is 5.75 Å². The lowest BCUT2D eigenvalue weighted by molar-refractivity contribution is -0.113. The van der Waals surface area contributed by atoms with Crippen LogP contribution in [0.3, 0.4) is 0 Å². The van der Waals surface area contributed by atoms with Crippen LogP contribution in [0, 0.1) is 0 Å². The Balaban J connectivity index is 1.55. The number of anilines is 1. The number of hydrogen-bond donors (Lipinski definition) is 1. The van der Waals surface area contributed by atoms with Crippen LogP contribution in [0.4, 0.5) is 5.69 Å². The molecule has 1 heterocycles. The molecule has 0 spiro atoms. The monoisotopic (exact) mass is 490 g/mol. The molecule has 0 radical (unpaired) electrons. The Morgan fingerprint density at radius 1 is 1.07 bits per heavy atom. The SMILES string of the molecule is Cn1c(COc2ccc(Cl)cc2Cl)nnc1SCC(=O)Nc1cc(Cl)cc(Cl)c1. The largest absolute Gasteiger partial charge is 0.484 e. The second-order valence-corrected chi connectivity index (χ2v) is 8.48. The molecular weight excluding hydrogens is 478 g/mol. The first-order valence-electron chi connectivity index (χ1n) is 8.16. The second-order valence-electron chi connectivity index (χ2n) is 5.82. The zero-order chi connectivity index (χ0) is 21.0. The summed E-state index contributed by atoms with van der Waals surface area (Å²) >= 11 is 25.1. The fraction of sp³-hybridized carbons (Fsp3) is 0.167. The standard InChI is InChI=1S/C18H14Cl4N4O2S/c1-26-16(8-28-15-3-2-10(19)7-14(15)22)24-25-18(26)29-9-17(27)23-13-5-11(20)4-12(21)6-13/h2-7H,8-9H2,1H3,(H,23,27). The van der Waals surface area contributed by atoms with Gasteiger partial charge < -0.3 is 14.6 Å². The first-order chi connectivity index (χ1) is 13.8. The Morgan fingerprint density at radius 2 is 1.79 bits per heavy atom. The molecule has 0 saturated heterocycles. The molecule has 0 aliphatic carbocycles. The van der Waals surface area contributed by atoms with E-state index >= 15 is 0 Å². The minimum absolute atomic E-state index is 0.139. The summed E-state index contributed by atoms with van der Waals surface area (Å²) in [6.07, 6.45) is 0. The minimum atomic E-state index is -0.220. The van der Waals surface area contributed by atoms with Gasteiger partial charge in [-0.15, -0.1) is 10.2 Å². The summed E-state index contributed by atoms with van der Waals surface area (Å²) in [5.41, 5.74) is 0.528. The van der Waals surface area contributed by atoms with Gasteiger partial charge >= 0.3 is 0 Å². The van der Waals surface area contributed by atoms with E-state index in [-0.39, 0.29) is 18.3 Å². The van der Waals surface area contributed by atoms with Gasteiger partial charge in [0.2, 0.25) is 5.91 Å². The van der Waals surface area contributed by atoms with E-state index in [0.717, 1.165) is 0 Å². The maximum Gasteiger partial charge on any atom is 0.234 e. The predicted molar refractivity (Wildman–Crippen MR) is 118 cm³/mol. The number of rotatable bonds is 7. The lowest BCUT2D eigenvalue weighted by Gasteiger charge is -2.08. The van der Waals surface area contributed by atoms with Gasteiger partial charge in [-0.1, -0.05) is 58.2 Å². The van der Waals surface area contributed by atoms with E-state index in [1.54, 1.807) is 48.0 Å². The van der Waals surface area contributed by atoms with E-state index < -0.39 is 0 Å². The van der Waals surface area contributed by atoms with Gasteiger partial charge in [0, 0.05) is 27.8 Å². The molecule has 0 aliphatic rings. The molecule has 1 N–H and O–H groups in total. The number of hydrogen-bond acceptors (Lipinski definition) is 5. The van der Waals surface area contributed by atoms with Crippen molar-refractivity contribution in [3.05, 3.63) is 62.3 Å². The lowest BCUT2D eigenvalue weighted by Crippen LogP contribution is -2.14. The lowest BCUT2D eigenvalue weighted by atomic mass is 10.3. The molecule has 29 heavy (non-hydrogen) atoms. The molecule has 3 rings (SSSR count). The third kappa shape index (κ3) is 6.17. The molecule has 1 aromatic heterocycles. The summed E-state index contributed by atoms with van der Waals surface area (Å²) in [4.78, 5) is 12.2. The van der Waals surface area contributed by atoms with Crippen molar-refractivity contribution in [3.8, 4) is 5.75 Å². The van der Waals surface area contributed by atoms with Crippen LogP contribution in [0.1, 0.15) is 5.82 Å². The molecule has 0 saturated carbocycles. The van der Waals surface area contributed by atoms with E-state index in [2.05, 4.69) is 15.5 Å². The van der Waals surface area contributed by atoms with Crippen LogP contribution in [-0.2, 0) is 18.4 Å². The summed E-state index contributed by atoms with van der Waals surface area (Å²) in [5.74, 6) is 0.996. The van der Waals surface area contributed by atoms with Crippen molar-refractivity contribution in [1.82, 2.24) is 14.8 Å². The summed E-state index contributed by atoms with van der Waals surface area (Å²) < 4.78 is 7.42. The number of nitrogens with one attached hydrogen (secondary N) is 1. The highest BCUT2D eigenvalue weighted by atomic mass is 35.5. The predicted octanol–water partition coefficient (Wildman–Crippen LogP) is 5.74. The molecular formula is C18H14Cl4N4O2S. The van der Waals surface area contributed by atoms with Crippen molar-refractivity contribution in [1.29, 1.82) is 0 Å². The van der Waals surface area contributed by atoms with Gasteiger partial charge in [-0.25, -0.2) is 0 Å². The number of ether oxygens (including phenoxy) is 1. The average molecular weight is 492 g/mol. The highest BCUT2D eigenvalue weighted by Gasteiger charge is 2.13. The number of amides is 1. The van der Waals surface area contributed by atoms with Crippen molar-refractivity contribution < 1.29 is 9.53 Å². The Kier molecular flexibility index (Phi) is 7.54. The van der Waals surface area contributed by atoms with Gasteiger partial charge in [-0.2, -0.15) is 0 Å². The minimum Gasteiger partial charge on any atom is -0.484 e. The number of thioether (sulfide) groups is 1. The van der Waals surface area contributed by atoms with Crippen LogP contribution < -0.4 is 10.1 Å². The highest BCUT2D eigenvalue weighted by Crippen LogP contribution is 2.28. The fourth-order valence-electron chi connectivity index (χ4n) is 2.28. The molecule has 152 valence electrons. The average Bonchev–Trinajstić information content (AvgIpc) is 2.98. The molecule has 0 aliphatic heterocycles. The first kappa shape index (κ1) is 22.1. The maximum atomic E-state index is 12.2. The molecule has 0 unspecified atom stereocenters. The summed E-state index contributed by atoms with van der Waals surface area (Å²) in [6, 6.07) is 9.80. The van der Waals surface area contributed by atoms with E-state index in [1.165, 1.54) is 11.8 Å². The molecule has 0 bridgehead atoms. The Hall–Kier alpha value is -1.64. The molecule has 0 atom stereocenters. The zero-order valence-corrected chi connectivity index (χ0v) is 18.8. The van der Waals surface area contributed by atoms with Crippen molar-refractivity contribution in [3.63, 3.8) is 0 Å². The summed E-state index contributed by atoms with van der Waals surface area (Å²) in [7, 11) is 1.79. The second kappa shape index (κ2) is 9.91. The summed E-state index contributed by atoms with van der Waals surface area (Å²) in [5, 5.41) is 13.3. The van der Waals surface area contributed by atoms with Crippen LogP contribution in [-0.4, -0.2) is 26.4 Å². The molecule has 11 heteroatoms. The number of aromatic nitrogens is 3. The van der Waals surface area contributed by atoms with Crippen molar-refractivity contribution in [2.45, 2.75) is 11.8 Å². The van der Waals surface area contributed by atoms with Gasteiger partial charge in [0.15, 0.2) is 11.0 Å². The molecule has 1 amide bonds. The molecule has 6 nitrogen and oxygen atoms in total. The number of benzene rings is 2. The van der Waals surface area contributed by atoms with Crippen LogP contribution in [0.25, 0.3) is 0 Å². The molecule has 2 aromatic carbocycles. The van der Waals surface area contributed by atoms with E-state index in [1.807, 2.05) is 0 Å². The quantitative estimate of drug-likeness (QED) is 0.427. The van der Waals surface area contributed by atoms with E-state index in [0.29, 0.717) is 42.5 Å².